The third-order valence-electron chi connectivity index (χ3n) is 2.37. The zero-order chi connectivity index (χ0) is 13.1. The van der Waals surface area contributed by atoms with Crippen LogP contribution in [0.15, 0.2) is 30.3 Å². The summed E-state index contributed by atoms with van der Waals surface area (Å²) in [5.41, 5.74) is 0.851. The SMILES string of the molecule is [2H][C@H]1[C@@H](C(=O)OC)N1C(=O)OCc1ccccc1. The molecule has 1 aliphatic rings. The van der Waals surface area contributed by atoms with E-state index in [1.807, 2.05) is 30.3 Å². The predicted molar refractivity (Wildman–Crippen MR) is 59.1 cm³/mol. The van der Waals surface area contributed by atoms with E-state index in [-0.39, 0.29) is 6.61 Å². The molecule has 0 saturated carbocycles. The average molecular weight is 236 g/mol. The Bertz CT molecular complexity index is 451. The van der Waals surface area contributed by atoms with Gasteiger partial charge in [-0.15, -0.1) is 0 Å². The van der Waals surface area contributed by atoms with Crippen LogP contribution in [0.3, 0.4) is 0 Å². The summed E-state index contributed by atoms with van der Waals surface area (Å²) in [6.45, 7) is -0.780. The number of hydrogen-bond acceptors (Lipinski definition) is 4. The van der Waals surface area contributed by atoms with Gasteiger partial charge in [-0.2, -0.15) is 0 Å². The van der Waals surface area contributed by atoms with E-state index in [4.69, 9.17) is 6.11 Å². The number of carbonyl (C=O) groups excluding carboxylic acids is 2. The van der Waals surface area contributed by atoms with E-state index in [9.17, 15) is 9.59 Å². The van der Waals surface area contributed by atoms with E-state index in [1.54, 1.807) is 0 Å². The van der Waals surface area contributed by atoms with Crippen molar-refractivity contribution in [3.05, 3.63) is 35.9 Å². The zero-order valence-electron chi connectivity index (χ0n) is 10.3. The van der Waals surface area contributed by atoms with Gasteiger partial charge in [0.15, 0.2) is 6.04 Å². The molecular weight excluding hydrogens is 222 g/mol. The molecule has 0 bridgehead atoms. The number of methoxy groups -OCH3 is 1. The fourth-order valence-corrected chi connectivity index (χ4v) is 1.38. The lowest BCUT2D eigenvalue weighted by Crippen LogP contribution is -2.20. The molecule has 2 rings (SSSR count). The summed E-state index contributed by atoms with van der Waals surface area (Å²) in [5, 5.41) is 0. The Kier molecular flexibility index (Phi) is 2.90. The molecule has 17 heavy (non-hydrogen) atoms. The van der Waals surface area contributed by atoms with Crippen molar-refractivity contribution in [2.75, 3.05) is 13.6 Å². The first-order valence-corrected chi connectivity index (χ1v) is 5.14. The Balaban J connectivity index is 1.85. The highest BCUT2D eigenvalue weighted by Crippen LogP contribution is 2.20. The molecule has 1 aliphatic heterocycles. The molecule has 1 saturated heterocycles. The van der Waals surface area contributed by atoms with Crippen LogP contribution in [0.2, 0.25) is 0 Å². The number of amides is 1. The first-order chi connectivity index (χ1) is 8.65. The van der Waals surface area contributed by atoms with E-state index in [2.05, 4.69) is 4.74 Å². The lowest BCUT2D eigenvalue weighted by Gasteiger charge is -2.05. The molecule has 1 aromatic rings. The molecule has 0 aromatic heterocycles. The van der Waals surface area contributed by atoms with E-state index < -0.39 is 24.6 Å². The maximum Gasteiger partial charge on any atom is 0.411 e. The first kappa shape index (κ1) is 10.1. The van der Waals surface area contributed by atoms with Crippen LogP contribution in [0.1, 0.15) is 6.93 Å². The van der Waals surface area contributed by atoms with E-state index in [1.165, 1.54) is 7.11 Å². The van der Waals surface area contributed by atoms with Crippen molar-refractivity contribution in [3.63, 3.8) is 0 Å². The van der Waals surface area contributed by atoms with Gasteiger partial charge >= 0.3 is 12.1 Å². The molecule has 90 valence electrons. The van der Waals surface area contributed by atoms with Gasteiger partial charge in [-0.05, 0) is 5.56 Å². The minimum absolute atomic E-state index is 0.122. The molecule has 1 heterocycles. The second-order valence-corrected chi connectivity index (χ2v) is 3.56. The van der Waals surface area contributed by atoms with Crippen molar-refractivity contribution in [2.45, 2.75) is 12.6 Å². The Labute approximate surface area is 100 Å². The van der Waals surface area contributed by atoms with E-state index in [0.29, 0.717) is 0 Å². The van der Waals surface area contributed by atoms with Gasteiger partial charge in [-0.1, -0.05) is 30.3 Å². The summed E-state index contributed by atoms with van der Waals surface area (Å²) in [6, 6.07) is 8.36. The van der Waals surface area contributed by atoms with Crippen LogP contribution < -0.4 is 0 Å². The quantitative estimate of drug-likeness (QED) is 0.584. The number of rotatable bonds is 3. The standard InChI is InChI=1S/C12H13NO4/c1-16-11(14)10-7-13(10)12(15)17-8-9-5-3-2-4-6-9/h2-6,10H,7-8H2,1H3/t10-,13?/m0/s1/i7D/t7-,10-,13?. The Hall–Kier alpha value is -2.04. The van der Waals surface area contributed by atoms with Gasteiger partial charge in [0.2, 0.25) is 0 Å². The topological polar surface area (TPSA) is 55.6 Å². The molecule has 1 amide bonds. The summed E-state index contributed by atoms with van der Waals surface area (Å²) in [5.74, 6) is -0.591. The van der Waals surface area contributed by atoms with Crippen LogP contribution >= 0.6 is 0 Å². The van der Waals surface area contributed by atoms with Crippen LogP contribution in [0.5, 0.6) is 0 Å². The van der Waals surface area contributed by atoms with Crippen molar-refractivity contribution >= 4 is 12.1 Å². The van der Waals surface area contributed by atoms with Crippen molar-refractivity contribution in [1.29, 1.82) is 0 Å². The van der Waals surface area contributed by atoms with Crippen molar-refractivity contribution in [3.8, 4) is 0 Å². The Morgan fingerprint density at radius 1 is 1.47 bits per heavy atom. The van der Waals surface area contributed by atoms with Gasteiger partial charge in [-0.25, -0.2) is 9.59 Å². The van der Waals surface area contributed by atoms with Crippen LogP contribution in [-0.2, 0) is 20.9 Å². The molecule has 1 fully saturated rings. The summed E-state index contributed by atoms with van der Waals surface area (Å²) in [7, 11) is 1.22. The Morgan fingerprint density at radius 2 is 2.18 bits per heavy atom. The fourth-order valence-electron chi connectivity index (χ4n) is 1.38. The molecule has 0 N–H and O–H groups in total. The average Bonchev–Trinajstić information content (AvgIpc) is 3.08. The molecule has 0 unspecified atom stereocenters. The maximum atomic E-state index is 11.6. The van der Waals surface area contributed by atoms with Crippen LogP contribution in [0.4, 0.5) is 4.79 Å². The van der Waals surface area contributed by atoms with Gasteiger partial charge in [-0.3, -0.25) is 4.90 Å². The second kappa shape index (κ2) is 4.86. The fraction of sp³-hybridized carbons (Fsp3) is 0.333. The Morgan fingerprint density at radius 3 is 2.82 bits per heavy atom. The van der Waals surface area contributed by atoms with Gasteiger partial charge in [0.25, 0.3) is 0 Å². The summed E-state index contributed by atoms with van der Waals surface area (Å²) < 4.78 is 17.0. The molecule has 5 nitrogen and oxygen atoms in total. The number of hydrogen-bond donors (Lipinski definition) is 0. The van der Waals surface area contributed by atoms with Gasteiger partial charge < -0.3 is 9.47 Å². The van der Waals surface area contributed by atoms with Crippen LogP contribution in [0, 0.1) is 0 Å². The predicted octanol–water partition coefficient (Wildman–Crippen LogP) is 1.18. The summed E-state index contributed by atoms with van der Waals surface area (Å²) >= 11 is 0. The monoisotopic (exact) mass is 236 g/mol. The molecule has 0 radical (unpaired) electrons. The van der Waals surface area contributed by atoms with Crippen LogP contribution in [0.25, 0.3) is 0 Å². The number of nitrogens with zero attached hydrogens (tertiary/aromatic N) is 1. The van der Waals surface area contributed by atoms with E-state index >= 15 is 0 Å². The third kappa shape index (κ3) is 2.75. The van der Waals surface area contributed by atoms with Gasteiger partial charge in [0, 0.05) is 0 Å². The van der Waals surface area contributed by atoms with Crippen molar-refractivity contribution in [2.24, 2.45) is 0 Å². The smallest absolute Gasteiger partial charge is 0.411 e. The summed E-state index contributed by atoms with van der Waals surface area (Å²) in [6.07, 6.45) is -0.672. The third-order valence-corrected chi connectivity index (χ3v) is 2.37. The number of esters is 1. The molecule has 2 atom stereocenters. The minimum atomic E-state index is -0.902. The first-order valence-electron chi connectivity index (χ1n) is 5.72. The van der Waals surface area contributed by atoms with Crippen molar-refractivity contribution < 1.29 is 20.4 Å². The lowest BCUT2D eigenvalue weighted by atomic mass is 10.2. The molecule has 0 aliphatic carbocycles. The highest BCUT2D eigenvalue weighted by atomic mass is 16.6. The number of carbonyl (C=O) groups is 2. The normalized spacial score (nSPS) is 22.6. The zero-order valence-corrected chi connectivity index (χ0v) is 9.33. The van der Waals surface area contributed by atoms with E-state index in [0.717, 1.165) is 10.5 Å². The molecule has 0 spiro atoms. The number of benzene rings is 1. The number of ether oxygens (including phenoxy) is 2. The summed E-state index contributed by atoms with van der Waals surface area (Å²) in [4.78, 5) is 23.8. The van der Waals surface area contributed by atoms with Crippen LogP contribution in [-0.4, -0.2) is 36.6 Å². The highest BCUT2D eigenvalue weighted by Gasteiger charge is 2.46. The van der Waals surface area contributed by atoms with Gasteiger partial charge in [0.05, 0.1) is 15.0 Å². The molecular formula is C12H13NO4. The minimum Gasteiger partial charge on any atom is -0.467 e. The molecule has 1 aromatic carbocycles. The van der Waals surface area contributed by atoms with Gasteiger partial charge in [0.1, 0.15) is 6.61 Å². The lowest BCUT2D eigenvalue weighted by molar-refractivity contribution is -0.140. The second-order valence-electron chi connectivity index (χ2n) is 3.56. The highest BCUT2D eigenvalue weighted by molar-refractivity contribution is 5.86. The van der Waals surface area contributed by atoms with Crippen molar-refractivity contribution in [1.82, 2.24) is 4.90 Å². The maximum absolute atomic E-state index is 11.6. The molecule has 5 heteroatoms. The largest absolute Gasteiger partial charge is 0.467 e.